The molecule has 0 aliphatic heterocycles. The lowest BCUT2D eigenvalue weighted by molar-refractivity contribution is -0.137. The van der Waals surface area contributed by atoms with E-state index in [9.17, 15) is 9.59 Å². The Morgan fingerprint density at radius 1 is 1.33 bits per heavy atom. The Labute approximate surface area is 129 Å². The summed E-state index contributed by atoms with van der Waals surface area (Å²) in [6.45, 7) is 3.17. The molecule has 0 aliphatic carbocycles. The van der Waals surface area contributed by atoms with Crippen molar-refractivity contribution < 1.29 is 14.7 Å². The van der Waals surface area contributed by atoms with Crippen molar-refractivity contribution in [3.63, 3.8) is 0 Å². The van der Waals surface area contributed by atoms with Gasteiger partial charge in [0.25, 0.3) is 0 Å². The maximum absolute atomic E-state index is 11.6. The zero-order chi connectivity index (χ0) is 15.5. The lowest BCUT2D eigenvalue weighted by Crippen LogP contribution is -2.37. The highest BCUT2D eigenvalue weighted by atomic mass is 32.1. The van der Waals surface area contributed by atoms with Crippen LogP contribution in [0.2, 0.25) is 0 Å². The van der Waals surface area contributed by atoms with Crippen molar-refractivity contribution in [3.8, 4) is 0 Å². The molecule has 0 saturated carbocycles. The first kappa shape index (κ1) is 17.4. The van der Waals surface area contributed by atoms with E-state index in [4.69, 9.17) is 5.11 Å². The Balaban J connectivity index is 2.07. The summed E-state index contributed by atoms with van der Waals surface area (Å²) in [5, 5.41) is 16.2. The number of carbonyl (C=O) groups excluding carboxylic acids is 1. The van der Waals surface area contributed by atoms with E-state index >= 15 is 0 Å². The maximum Gasteiger partial charge on any atom is 0.314 e. The molecular formula is C14H23N3O3S. The summed E-state index contributed by atoms with van der Waals surface area (Å²) in [6, 6.07) is -0.182. The second-order valence-electron chi connectivity index (χ2n) is 4.91. The number of nitrogens with zero attached hydrogens (tertiary/aromatic N) is 1. The number of amides is 2. The lowest BCUT2D eigenvalue weighted by Gasteiger charge is -2.14. The molecule has 0 radical (unpaired) electrons. The summed E-state index contributed by atoms with van der Waals surface area (Å²) < 4.78 is 0. The molecule has 1 rings (SSSR count). The number of nitrogens with one attached hydrogen (secondary N) is 2. The molecule has 118 valence electrons. The first-order valence-corrected chi connectivity index (χ1v) is 8.16. The molecule has 1 aromatic heterocycles. The van der Waals surface area contributed by atoms with Crippen LogP contribution in [0.1, 0.15) is 38.3 Å². The van der Waals surface area contributed by atoms with Crippen LogP contribution in [0.25, 0.3) is 0 Å². The van der Waals surface area contributed by atoms with Crippen molar-refractivity contribution in [3.05, 3.63) is 16.6 Å². The second kappa shape index (κ2) is 10.1. The highest BCUT2D eigenvalue weighted by molar-refractivity contribution is 7.07. The zero-order valence-electron chi connectivity index (χ0n) is 12.3. The van der Waals surface area contributed by atoms with Crippen LogP contribution in [0.4, 0.5) is 4.79 Å². The minimum atomic E-state index is -0.763. The number of aromatic nitrogens is 1. The van der Waals surface area contributed by atoms with Gasteiger partial charge in [-0.3, -0.25) is 4.79 Å². The maximum atomic E-state index is 11.6. The summed E-state index contributed by atoms with van der Waals surface area (Å²) in [5.41, 5.74) is 2.76. The average Bonchev–Trinajstić information content (AvgIpc) is 2.95. The molecule has 1 aromatic rings. The largest absolute Gasteiger partial charge is 0.481 e. The summed E-state index contributed by atoms with van der Waals surface area (Å²) in [4.78, 5) is 26.2. The third-order valence-corrected chi connectivity index (χ3v) is 3.97. The molecule has 1 heterocycles. The van der Waals surface area contributed by atoms with Gasteiger partial charge in [0.05, 0.1) is 11.2 Å². The smallest absolute Gasteiger partial charge is 0.314 e. The van der Waals surface area contributed by atoms with Gasteiger partial charge >= 0.3 is 12.0 Å². The normalized spacial score (nSPS) is 11.9. The molecule has 0 aliphatic rings. The number of carbonyl (C=O) groups is 2. The second-order valence-corrected chi connectivity index (χ2v) is 5.63. The minimum Gasteiger partial charge on any atom is -0.481 e. The van der Waals surface area contributed by atoms with Crippen molar-refractivity contribution in [2.24, 2.45) is 5.92 Å². The first-order valence-electron chi connectivity index (χ1n) is 7.22. The molecule has 3 N–H and O–H groups in total. The van der Waals surface area contributed by atoms with Crippen LogP contribution in [-0.2, 0) is 11.2 Å². The predicted octanol–water partition coefficient (Wildman–Crippen LogP) is 2.27. The summed E-state index contributed by atoms with van der Waals surface area (Å²) in [6.07, 6.45) is 3.33. The molecule has 0 fully saturated rings. The van der Waals surface area contributed by atoms with Crippen molar-refractivity contribution in [1.29, 1.82) is 0 Å². The highest BCUT2D eigenvalue weighted by Crippen LogP contribution is 2.14. The van der Waals surface area contributed by atoms with Crippen molar-refractivity contribution in [2.45, 2.75) is 39.0 Å². The molecule has 0 bridgehead atoms. The molecule has 7 heteroatoms. The average molecular weight is 313 g/mol. The summed E-state index contributed by atoms with van der Waals surface area (Å²) >= 11 is 1.54. The molecule has 0 saturated heterocycles. The van der Waals surface area contributed by atoms with Crippen LogP contribution < -0.4 is 10.6 Å². The third kappa shape index (κ3) is 8.29. The van der Waals surface area contributed by atoms with E-state index < -0.39 is 5.97 Å². The summed E-state index contributed by atoms with van der Waals surface area (Å²) in [7, 11) is 0. The number of thiazole rings is 1. The van der Waals surface area contributed by atoms with Crippen LogP contribution in [0, 0.1) is 5.92 Å². The van der Waals surface area contributed by atoms with Crippen molar-refractivity contribution in [1.82, 2.24) is 15.6 Å². The fraction of sp³-hybridized carbons (Fsp3) is 0.643. The van der Waals surface area contributed by atoms with Gasteiger partial charge in [-0.05, 0) is 18.8 Å². The van der Waals surface area contributed by atoms with Crippen LogP contribution in [0.15, 0.2) is 10.9 Å². The van der Waals surface area contributed by atoms with E-state index in [-0.39, 0.29) is 12.5 Å². The van der Waals surface area contributed by atoms with Gasteiger partial charge in [0.1, 0.15) is 0 Å². The van der Waals surface area contributed by atoms with Gasteiger partial charge < -0.3 is 15.7 Å². The Kier molecular flexibility index (Phi) is 8.42. The number of rotatable bonds is 10. The minimum absolute atomic E-state index is 0.182. The van der Waals surface area contributed by atoms with Crippen LogP contribution in [0.3, 0.4) is 0 Å². The van der Waals surface area contributed by atoms with Crippen LogP contribution in [-0.4, -0.2) is 35.2 Å². The first-order chi connectivity index (χ1) is 10.1. The van der Waals surface area contributed by atoms with Gasteiger partial charge in [0, 0.05) is 31.3 Å². The zero-order valence-corrected chi connectivity index (χ0v) is 13.1. The Morgan fingerprint density at radius 3 is 2.71 bits per heavy atom. The van der Waals surface area contributed by atoms with Crippen LogP contribution >= 0.6 is 11.3 Å². The molecule has 1 unspecified atom stereocenters. The van der Waals surface area contributed by atoms with Gasteiger partial charge in [-0.1, -0.05) is 13.3 Å². The van der Waals surface area contributed by atoms with Gasteiger partial charge in [-0.15, -0.1) is 11.3 Å². The molecule has 2 amide bonds. The van der Waals surface area contributed by atoms with Crippen molar-refractivity contribution in [2.75, 3.05) is 13.1 Å². The number of hydrogen-bond donors (Lipinski definition) is 3. The topological polar surface area (TPSA) is 91.3 Å². The monoisotopic (exact) mass is 313 g/mol. The van der Waals surface area contributed by atoms with Gasteiger partial charge in [0.2, 0.25) is 0 Å². The standard InChI is InChI=1S/C14H23N3O3S/c1-2-11(3-4-13(18)19)5-7-15-14(20)16-8-6-12-9-21-10-17-12/h9-11H,2-8H2,1H3,(H,18,19)(H2,15,16,20). The van der Waals surface area contributed by atoms with E-state index in [1.807, 2.05) is 12.3 Å². The summed E-state index contributed by atoms with van der Waals surface area (Å²) in [5.74, 6) is -0.419. The van der Waals surface area contributed by atoms with Gasteiger partial charge in [0.15, 0.2) is 0 Å². The number of carboxylic acid groups (broad SMARTS) is 1. The van der Waals surface area contributed by atoms with E-state index in [2.05, 4.69) is 15.6 Å². The number of aliphatic carboxylic acids is 1. The molecule has 21 heavy (non-hydrogen) atoms. The van der Waals surface area contributed by atoms with Gasteiger partial charge in [-0.2, -0.15) is 0 Å². The fourth-order valence-corrected chi connectivity index (χ4v) is 2.59. The van der Waals surface area contributed by atoms with E-state index in [0.717, 1.165) is 25.0 Å². The molecule has 1 atom stereocenters. The number of urea groups is 1. The van der Waals surface area contributed by atoms with Crippen LogP contribution in [0.5, 0.6) is 0 Å². The number of carboxylic acids is 1. The highest BCUT2D eigenvalue weighted by Gasteiger charge is 2.09. The van der Waals surface area contributed by atoms with E-state index in [1.165, 1.54) is 0 Å². The van der Waals surface area contributed by atoms with Crippen molar-refractivity contribution >= 4 is 23.3 Å². The Hall–Kier alpha value is -1.63. The van der Waals surface area contributed by atoms with Gasteiger partial charge in [-0.25, -0.2) is 9.78 Å². The molecular weight excluding hydrogens is 290 g/mol. The molecule has 0 aromatic carbocycles. The lowest BCUT2D eigenvalue weighted by atomic mass is 9.97. The van der Waals surface area contributed by atoms with E-state index in [1.54, 1.807) is 16.8 Å². The van der Waals surface area contributed by atoms with E-state index in [0.29, 0.717) is 25.4 Å². The molecule has 0 spiro atoms. The number of hydrogen-bond acceptors (Lipinski definition) is 4. The third-order valence-electron chi connectivity index (χ3n) is 3.33. The molecule has 6 nitrogen and oxygen atoms in total. The predicted molar refractivity (Wildman–Crippen MR) is 82.5 cm³/mol. The Morgan fingerprint density at radius 2 is 2.10 bits per heavy atom. The Bertz CT molecular complexity index is 423. The fourth-order valence-electron chi connectivity index (χ4n) is 2.00. The quantitative estimate of drug-likeness (QED) is 0.618. The SMILES string of the molecule is CCC(CCNC(=O)NCCc1cscn1)CCC(=O)O.